The maximum absolute atomic E-state index is 12.8. The third-order valence-corrected chi connectivity index (χ3v) is 10.2. The van der Waals surface area contributed by atoms with E-state index in [0.29, 0.717) is 30.3 Å². The van der Waals surface area contributed by atoms with Gasteiger partial charge in [0.15, 0.2) is 6.10 Å². The molecule has 0 aliphatic carbocycles. The summed E-state index contributed by atoms with van der Waals surface area (Å²) < 4.78 is 29.5. The molecule has 53 heavy (non-hydrogen) atoms. The quantitative estimate of drug-likeness (QED) is 0.0219. The van der Waals surface area contributed by atoms with Crippen LogP contribution in [-0.4, -0.2) is 68.7 Å². The van der Waals surface area contributed by atoms with Gasteiger partial charge in [-0.1, -0.05) is 165 Å². The van der Waals surface area contributed by atoms with Crippen LogP contribution in [0, 0.1) is 0 Å². The van der Waals surface area contributed by atoms with Crippen molar-refractivity contribution in [3.8, 4) is 0 Å². The number of unbranched alkanes of at least 4 members (excludes halogenated alkanes) is 17. The maximum Gasteiger partial charge on any atom is 0.306 e. The topological polar surface area (TPSA) is 105 Å². The van der Waals surface area contributed by atoms with Crippen molar-refractivity contribution in [1.29, 1.82) is 0 Å². The molecule has 9 heteroatoms. The standard InChI is InChI=1S/C44H82NO7P/c1-6-8-10-12-14-16-18-20-22-23-24-26-28-30-32-34-36-38-44(47)51-43(41-46)42(52-53(48,49)50-40-39-45(3,4)5)37-35-33-31-29-27-25-21-19-17-15-13-11-9-7-2/h14,16,20,22,24,26,30,32,42-43,46H,6-13,15,17-19,21,23,25,27-29,31,33-41H2,1-5H3/b16-14-,22-20-,26-24-,32-30-/t42?,43-/m0/s1. The second kappa shape index (κ2) is 36.1. The lowest BCUT2D eigenvalue weighted by atomic mass is 10.0. The summed E-state index contributed by atoms with van der Waals surface area (Å²) in [7, 11) is 1.17. The number of likely N-dealkylation sites (N-methyl/N-ethyl adjacent to an activating group) is 1. The number of nitrogens with zero attached hydrogens (tertiary/aromatic N) is 1. The summed E-state index contributed by atoms with van der Waals surface area (Å²) >= 11 is 0. The van der Waals surface area contributed by atoms with Gasteiger partial charge in [0, 0.05) is 6.42 Å². The van der Waals surface area contributed by atoms with Crippen LogP contribution in [0.15, 0.2) is 48.6 Å². The predicted molar refractivity (Wildman–Crippen MR) is 222 cm³/mol. The van der Waals surface area contributed by atoms with Crippen LogP contribution in [0.4, 0.5) is 0 Å². The zero-order valence-corrected chi connectivity index (χ0v) is 35.8. The molecule has 1 N–H and O–H groups in total. The van der Waals surface area contributed by atoms with Crippen LogP contribution < -0.4 is 4.89 Å². The fraction of sp³-hybridized carbons (Fsp3) is 0.795. The molecule has 0 saturated carbocycles. The fourth-order valence-electron chi connectivity index (χ4n) is 5.85. The Kier molecular flexibility index (Phi) is 35.1. The van der Waals surface area contributed by atoms with E-state index < -0.39 is 32.6 Å². The number of hydrogen-bond acceptors (Lipinski definition) is 7. The molecule has 0 aliphatic rings. The molecule has 0 rings (SSSR count). The number of ether oxygens (including phenoxy) is 1. The molecule has 0 saturated heterocycles. The fourth-order valence-corrected chi connectivity index (χ4v) is 6.79. The van der Waals surface area contributed by atoms with Crippen molar-refractivity contribution in [3.63, 3.8) is 0 Å². The van der Waals surface area contributed by atoms with E-state index >= 15 is 0 Å². The van der Waals surface area contributed by atoms with E-state index in [1.165, 1.54) is 89.9 Å². The van der Waals surface area contributed by atoms with Crippen molar-refractivity contribution in [2.45, 2.75) is 187 Å². The zero-order valence-electron chi connectivity index (χ0n) is 34.9. The van der Waals surface area contributed by atoms with Crippen molar-refractivity contribution in [1.82, 2.24) is 0 Å². The minimum absolute atomic E-state index is 0.0169. The van der Waals surface area contributed by atoms with Gasteiger partial charge in [0.05, 0.1) is 27.7 Å². The maximum atomic E-state index is 12.8. The molecule has 3 atom stereocenters. The molecule has 0 aliphatic heterocycles. The summed E-state index contributed by atoms with van der Waals surface area (Å²) in [6.45, 7) is 4.42. The average Bonchev–Trinajstić information content (AvgIpc) is 3.10. The van der Waals surface area contributed by atoms with Gasteiger partial charge in [-0.05, 0) is 51.4 Å². The highest BCUT2D eigenvalue weighted by molar-refractivity contribution is 7.45. The third-order valence-electron chi connectivity index (χ3n) is 9.20. The van der Waals surface area contributed by atoms with Gasteiger partial charge >= 0.3 is 5.97 Å². The Hall–Kier alpha value is -1.54. The van der Waals surface area contributed by atoms with Crippen LogP contribution in [0.5, 0.6) is 0 Å². The second-order valence-corrected chi connectivity index (χ2v) is 16.9. The van der Waals surface area contributed by atoms with Crippen molar-refractivity contribution < 1.29 is 37.6 Å². The molecular weight excluding hydrogens is 685 g/mol. The van der Waals surface area contributed by atoms with Crippen LogP contribution >= 0.6 is 7.82 Å². The number of esters is 1. The number of aliphatic hydroxyl groups excluding tert-OH is 1. The van der Waals surface area contributed by atoms with Crippen LogP contribution in [-0.2, 0) is 23.1 Å². The molecule has 0 radical (unpaired) electrons. The Morgan fingerprint density at radius 1 is 0.642 bits per heavy atom. The SMILES string of the molecule is CCCCC/C=C\C/C=C\C/C=C\C/C=C\CCCC(=O)O[C@@H](CO)C(CCCCCCCCCCCCCCCC)OP(=O)([O-])OCC[N+](C)(C)C. The predicted octanol–water partition coefficient (Wildman–Crippen LogP) is 11.5. The number of carbonyl (C=O) groups is 1. The minimum Gasteiger partial charge on any atom is -0.756 e. The van der Waals surface area contributed by atoms with Gasteiger partial charge in [-0.15, -0.1) is 0 Å². The number of carbonyl (C=O) groups excluding carboxylic acids is 1. The van der Waals surface area contributed by atoms with Gasteiger partial charge in [0.2, 0.25) is 0 Å². The summed E-state index contributed by atoms with van der Waals surface area (Å²) in [6.07, 6.45) is 41.9. The molecule has 0 heterocycles. The Labute approximate surface area is 326 Å². The summed E-state index contributed by atoms with van der Waals surface area (Å²) in [5, 5.41) is 10.1. The highest BCUT2D eigenvalue weighted by Crippen LogP contribution is 2.41. The van der Waals surface area contributed by atoms with Crippen LogP contribution in [0.1, 0.15) is 174 Å². The molecular formula is C44H82NO7P. The summed E-state index contributed by atoms with van der Waals surface area (Å²) in [5.41, 5.74) is 0. The van der Waals surface area contributed by atoms with Gasteiger partial charge in [-0.25, -0.2) is 0 Å². The van der Waals surface area contributed by atoms with Crippen LogP contribution in [0.2, 0.25) is 0 Å². The van der Waals surface area contributed by atoms with E-state index in [2.05, 4.69) is 62.5 Å². The smallest absolute Gasteiger partial charge is 0.306 e. The number of rotatable bonds is 38. The van der Waals surface area contributed by atoms with E-state index in [1.54, 1.807) is 0 Å². The van der Waals surface area contributed by atoms with Gasteiger partial charge in [-0.3, -0.25) is 9.36 Å². The lowest BCUT2D eigenvalue weighted by Crippen LogP contribution is -2.39. The Bertz CT molecular complexity index is 1000. The minimum atomic E-state index is -4.67. The zero-order chi connectivity index (χ0) is 39.3. The van der Waals surface area contributed by atoms with E-state index in [1.807, 2.05) is 21.1 Å². The van der Waals surface area contributed by atoms with E-state index in [-0.39, 0.29) is 13.0 Å². The normalized spacial score (nSPS) is 14.9. The van der Waals surface area contributed by atoms with Crippen LogP contribution in [0.25, 0.3) is 0 Å². The molecule has 8 nitrogen and oxygen atoms in total. The Morgan fingerprint density at radius 3 is 1.55 bits per heavy atom. The first kappa shape index (κ1) is 51.5. The molecule has 0 aromatic carbocycles. The number of allylic oxidation sites excluding steroid dienone is 8. The van der Waals surface area contributed by atoms with E-state index in [4.69, 9.17) is 13.8 Å². The Balaban J connectivity index is 4.61. The molecule has 0 aromatic rings. The van der Waals surface area contributed by atoms with Crippen molar-refractivity contribution in [3.05, 3.63) is 48.6 Å². The summed E-state index contributed by atoms with van der Waals surface area (Å²) in [4.78, 5) is 25.5. The van der Waals surface area contributed by atoms with Crippen molar-refractivity contribution in [2.24, 2.45) is 0 Å². The molecule has 0 amide bonds. The van der Waals surface area contributed by atoms with Crippen LogP contribution in [0.3, 0.4) is 0 Å². The average molecular weight is 768 g/mol. The number of phosphoric ester groups is 1. The van der Waals surface area contributed by atoms with Crippen molar-refractivity contribution >= 4 is 13.8 Å². The lowest BCUT2D eigenvalue weighted by Gasteiger charge is -2.33. The molecule has 0 aromatic heterocycles. The largest absolute Gasteiger partial charge is 0.756 e. The molecule has 2 unspecified atom stereocenters. The second-order valence-electron chi connectivity index (χ2n) is 15.5. The Morgan fingerprint density at radius 2 is 1.08 bits per heavy atom. The van der Waals surface area contributed by atoms with Crippen molar-refractivity contribution in [2.75, 3.05) is 40.9 Å². The third kappa shape index (κ3) is 37.2. The highest BCUT2D eigenvalue weighted by Gasteiger charge is 2.29. The number of aliphatic hydroxyl groups is 1. The molecule has 310 valence electrons. The first-order valence-corrected chi connectivity index (χ1v) is 22.9. The van der Waals surface area contributed by atoms with E-state index in [9.17, 15) is 19.4 Å². The molecule has 0 spiro atoms. The summed E-state index contributed by atoms with van der Waals surface area (Å²) in [5.74, 6) is -0.471. The van der Waals surface area contributed by atoms with E-state index in [0.717, 1.165) is 44.9 Å². The number of quaternary nitrogens is 1. The first-order chi connectivity index (χ1) is 25.5. The lowest BCUT2D eigenvalue weighted by molar-refractivity contribution is -0.870. The highest BCUT2D eigenvalue weighted by atomic mass is 31.2. The van der Waals surface area contributed by atoms with Gasteiger partial charge in [-0.2, -0.15) is 0 Å². The number of hydrogen-bond donors (Lipinski definition) is 1. The number of phosphoric acid groups is 1. The van der Waals surface area contributed by atoms with Gasteiger partial charge in [0.1, 0.15) is 19.3 Å². The van der Waals surface area contributed by atoms with Gasteiger partial charge < -0.3 is 28.3 Å². The molecule has 0 fully saturated rings. The monoisotopic (exact) mass is 768 g/mol. The van der Waals surface area contributed by atoms with Gasteiger partial charge in [0.25, 0.3) is 7.82 Å². The summed E-state index contributed by atoms with van der Waals surface area (Å²) in [6, 6.07) is 0. The molecule has 0 bridgehead atoms. The first-order valence-electron chi connectivity index (χ1n) is 21.4.